The lowest BCUT2D eigenvalue weighted by molar-refractivity contribution is -0.302. The summed E-state index contributed by atoms with van der Waals surface area (Å²) in [5.74, 6) is -0.362. The number of aliphatic hydroxyl groups excluding tert-OH is 5. The molecule has 7 unspecified atom stereocenters. The van der Waals surface area contributed by atoms with Crippen molar-refractivity contribution >= 4 is 5.91 Å². The average Bonchev–Trinajstić information content (AvgIpc) is 3.13. The van der Waals surface area contributed by atoms with Gasteiger partial charge in [0.05, 0.1) is 25.4 Å². The maximum absolute atomic E-state index is 11.7. The minimum atomic E-state index is -1.56. The van der Waals surface area contributed by atoms with Crippen LogP contribution >= 0.6 is 0 Å². The van der Waals surface area contributed by atoms with Crippen molar-refractivity contribution in [2.75, 3.05) is 13.2 Å². The number of rotatable bonds is 35. The van der Waals surface area contributed by atoms with Gasteiger partial charge in [-0.15, -0.1) is 0 Å². The van der Waals surface area contributed by atoms with E-state index in [4.69, 9.17) is 9.47 Å². The van der Waals surface area contributed by atoms with Crippen molar-refractivity contribution in [3.63, 3.8) is 0 Å². The molecule has 1 fully saturated rings. The lowest BCUT2D eigenvalue weighted by Gasteiger charge is -2.40. The van der Waals surface area contributed by atoms with Crippen LogP contribution in [0.4, 0.5) is 0 Å². The molecule has 0 spiro atoms. The second-order valence-corrected chi connectivity index (χ2v) is 15.2. The molecule has 1 aliphatic heterocycles. The van der Waals surface area contributed by atoms with Crippen molar-refractivity contribution in [1.29, 1.82) is 0 Å². The Hall–Kier alpha value is -1.33. The largest absolute Gasteiger partial charge is 0.394 e. The lowest BCUT2D eigenvalue weighted by Crippen LogP contribution is -2.60. The number of aliphatic hydroxyl groups is 5. The molecule has 0 aromatic heterocycles. The Morgan fingerprint density at radius 2 is 1.06 bits per heavy atom. The van der Waals surface area contributed by atoms with E-state index in [1.165, 1.54) is 161 Å². The summed E-state index contributed by atoms with van der Waals surface area (Å²) in [7, 11) is 0. The number of hydrogen-bond donors (Lipinski definition) is 6. The van der Waals surface area contributed by atoms with Gasteiger partial charge in [0.25, 0.3) is 0 Å². The molecule has 1 aliphatic rings. The van der Waals surface area contributed by atoms with Crippen LogP contribution in [-0.4, -0.2) is 87.5 Å². The lowest BCUT2D eigenvalue weighted by atomic mass is 9.99. The molecule has 1 rings (SSSR count). The van der Waals surface area contributed by atoms with Gasteiger partial charge in [0.1, 0.15) is 24.4 Å². The second kappa shape index (κ2) is 34.2. The molecular weight excluding hydrogens is 658 g/mol. The first-order valence-corrected chi connectivity index (χ1v) is 21.5. The normalized spacial score (nSPS) is 22.0. The second-order valence-electron chi connectivity index (χ2n) is 15.2. The van der Waals surface area contributed by atoms with Crippen molar-refractivity contribution < 1.29 is 39.8 Å². The van der Waals surface area contributed by atoms with Gasteiger partial charge in [-0.1, -0.05) is 179 Å². The third kappa shape index (κ3) is 25.6. The van der Waals surface area contributed by atoms with E-state index in [2.05, 4.69) is 24.4 Å². The Bertz CT molecular complexity index is 868. The molecule has 6 N–H and O–H groups in total. The molecule has 1 heterocycles. The van der Waals surface area contributed by atoms with Crippen molar-refractivity contribution in [3.05, 3.63) is 24.3 Å². The topological polar surface area (TPSA) is 149 Å². The summed E-state index contributed by atoms with van der Waals surface area (Å²) in [6.45, 7) is 2.83. The highest BCUT2D eigenvalue weighted by atomic mass is 16.7. The van der Waals surface area contributed by atoms with E-state index in [9.17, 15) is 30.3 Å². The molecule has 0 aromatic rings. The Kier molecular flexibility index (Phi) is 32.0. The Morgan fingerprint density at radius 3 is 1.50 bits per heavy atom. The minimum Gasteiger partial charge on any atom is -0.394 e. The number of ether oxygens (including phenoxy) is 2. The third-order valence-corrected chi connectivity index (χ3v) is 10.3. The SMILES string of the molecule is CCCCCCCCCCCCCCCCCCCCCCCCCC/C=C/CC/C=C/C(O)C(COC1OC(CO)C(O)C(O)C1O)NC(C)=O. The molecule has 1 saturated heterocycles. The van der Waals surface area contributed by atoms with Crippen LogP contribution in [0.1, 0.15) is 187 Å². The zero-order valence-corrected chi connectivity index (χ0v) is 33.3. The van der Waals surface area contributed by atoms with E-state index in [0.717, 1.165) is 19.3 Å². The summed E-state index contributed by atoms with van der Waals surface area (Å²) in [6.07, 6.45) is 36.2. The number of allylic oxidation sites excluding steroid dienone is 3. The molecule has 0 radical (unpaired) electrons. The first-order chi connectivity index (χ1) is 25.3. The first kappa shape index (κ1) is 48.7. The molecule has 9 heteroatoms. The van der Waals surface area contributed by atoms with E-state index >= 15 is 0 Å². The summed E-state index contributed by atoms with van der Waals surface area (Å²) in [5, 5.41) is 52.6. The third-order valence-electron chi connectivity index (χ3n) is 10.3. The molecule has 1 amide bonds. The quantitative estimate of drug-likeness (QED) is 0.0281. The molecule has 0 bridgehead atoms. The van der Waals surface area contributed by atoms with Gasteiger partial charge >= 0.3 is 0 Å². The summed E-state index contributed by atoms with van der Waals surface area (Å²) >= 11 is 0. The standard InChI is InChI=1S/C43H81NO8/c1-3-4-5-6-7-8-9-10-11-12-13-14-15-16-17-18-19-20-21-22-23-24-25-26-27-28-29-30-31-32-33-38(47)37(44-36(2)46)35-51-43-42(50)41(49)40(48)39(34-45)52-43/h28-29,32-33,37-43,45,47-50H,3-27,30-31,34-35H2,1-2H3,(H,44,46)/b29-28+,33-32+. The monoisotopic (exact) mass is 740 g/mol. The molecule has 0 aromatic carbocycles. The molecule has 7 atom stereocenters. The van der Waals surface area contributed by atoms with Gasteiger partial charge in [-0.05, 0) is 25.7 Å². The van der Waals surface area contributed by atoms with Gasteiger partial charge in [-0.25, -0.2) is 0 Å². The number of hydrogen-bond acceptors (Lipinski definition) is 8. The van der Waals surface area contributed by atoms with Crippen LogP contribution < -0.4 is 5.32 Å². The van der Waals surface area contributed by atoms with Crippen molar-refractivity contribution in [2.24, 2.45) is 0 Å². The Morgan fingerprint density at radius 1 is 0.635 bits per heavy atom. The van der Waals surface area contributed by atoms with E-state index in [0.29, 0.717) is 0 Å². The molecule has 0 aliphatic carbocycles. The van der Waals surface area contributed by atoms with Gasteiger partial charge < -0.3 is 40.3 Å². The van der Waals surface area contributed by atoms with Gasteiger partial charge in [-0.3, -0.25) is 4.79 Å². The van der Waals surface area contributed by atoms with Gasteiger partial charge in [-0.2, -0.15) is 0 Å². The number of unbranched alkanes of at least 4 members (excludes halogenated alkanes) is 25. The van der Waals surface area contributed by atoms with Gasteiger partial charge in [0, 0.05) is 6.92 Å². The van der Waals surface area contributed by atoms with Crippen molar-refractivity contribution in [3.8, 4) is 0 Å². The van der Waals surface area contributed by atoms with E-state index in [1.54, 1.807) is 6.08 Å². The van der Waals surface area contributed by atoms with E-state index in [-0.39, 0.29) is 12.5 Å². The smallest absolute Gasteiger partial charge is 0.217 e. The number of amides is 1. The van der Waals surface area contributed by atoms with Crippen LogP contribution in [-0.2, 0) is 14.3 Å². The predicted octanol–water partition coefficient (Wildman–Crippen LogP) is 8.33. The van der Waals surface area contributed by atoms with Crippen molar-refractivity contribution in [1.82, 2.24) is 5.32 Å². The average molecular weight is 740 g/mol. The first-order valence-electron chi connectivity index (χ1n) is 21.5. The molecule has 9 nitrogen and oxygen atoms in total. The summed E-state index contributed by atoms with van der Waals surface area (Å²) in [6, 6.07) is -0.819. The molecule has 52 heavy (non-hydrogen) atoms. The van der Waals surface area contributed by atoms with Gasteiger partial charge in [0.15, 0.2) is 6.29 Å². The highest BCUT2D eigenvalue weighted by Crippen LogP contribution is 2.22. The fourth-order valence-electron chi connectivity index (χ4n) is 6.91. The van der Waals surface area contributed by atoms with Crippen LogP contribution in [0.3, 0.4) is 0 Å². The minimum absolute atomic E-state index is 0.215. The summed E-state index contributed by atoms with van der Waals surface area (Å²) in [5.41, 5.74) is 0. The fraction of sp³-hybridized carbons (Fsp3) is 0.884. The zero-order chi connectivity index (χ0) is 38.1. The Labute approximate surface area is 318 Å². The van der Waals surface area contributed by atoms with Crippen LogP contribution in [0.2, 0.25) is 0 Å². The van der Waals surface area contributed by atoms with E-state index < -0.39 is 49.5 Å². The van der Waals surface area contributed by atoms with Gasteiger partial charge in [0.2, 0.25) is 5.91 Å². The highest BCUT2D eigenvalue weighted by molar-refractivity contribution is 5.73. The molecule has 0 saturated carbocycles. The summed E-state index contributed by atoms with van der Waals surface area (Å²) < 4.78 is 10.9. The highest BCUT2D eigenvalue weighted by Gasteiger charge is 2.44. The van der Waals surface area contributed by atoms with Crippen molar-refractivity contribution in [2.45, 2.75) is 230 Å². The maximum Gasteiger partial charge on any atom is 0.217 e. The summed E-state index contributed by atoms with van der Waals surface area (Å²) in [4.78, 5) is 11.7. The van der Waals surface area contributed by atoms with E-state index in [1.807, 2.05) is 6.08 Å². The number of carbonyl (C=O) groups is 1. The maximum atomic E-state index is 11.7. The Balaban J connectivity index is 1.95. The zero-order valence-electron chi connectivity index (χ0n) is 33.3. The molecule has 306 valence electrons. The van der Waals surface area contributed by atoms with Crippen LogP contribution in [0.25, 0.3) is 0 Å². The fourth-order valence-corrected chi connectivity index (χ4v) is 6.91. The molecular formula is C43H81NO8. The number of nitrogens with one attached hydrogen (secondary N) is 1. The number of carbonyl (C=O) groups excluding carboxylic acids is 1. The predicted molar refractivity (Wildman–Crippen MR) is 212 cm³/mol. The van der Waals surface area contributed by atoms with Crippen LogP contribution in [0.15, 0.2) is 24.3 Å². The van der Waals surface area contributed by atoms with Crippen LogP contribution in [0, 0.1) is 0 Å². The van der Waals surface area contributed by atoms with Crippen LogP contribution in [0.5, 0.6) is 0 Å².